The predicted octanol–water partition coefficient (Wildman–Crippen LogP) is 6.22. The highest BCUT2D eigenvalue weighted by molar-refractivity contribution is 6.35. The Kier molecular flexibility index (Phi) is 10.8. The summed E-state index contributed by atoms with van der Waals surface area (Å²) in [6, 6.07) is 19.5. The third kappa shape index (κ3) is 7.23. The lowest BCUT2D eigenvalue weighted by Crippen LogP contribution is -2.52. The van der Waals surface area contributed by atoms with Crippen LogP contribution in [0, 0.1) is 0 Å². The van der Waals surface area contributed by atoms with Gasteiger partial charge in [0.1, 0.15) is 5.75 Å². The molecule has 0 bridgehead atoms. The SMILES string of the molecule is C=CC[C@]1(C(=O)NNCc2ccc(Cl)cc2Cl)N=C(c2ccc(OCCCO)cc2)O[C@H]1c1ccccc1CN=[N+]=[N-]. The van der Waals surface area contributed by atoms with Crippen LogP contribution in [0.4, 0.5) is 0 Å². The molecule has 12 heteroatoms. The lowest BCUT2D eigenvalue weighted by atomic mass is 9.83. The molecular formula is C30H30Cl2N6O4. The number of nitrogens with one attached hydrogen (secondary N) is 2. The normalized spacial score (nSPS) is 17.5. The van der Waals surface area contributed by atoms with E-state index in [2.05, 4.69) is 27.5 Å². The zero-order valence-corrected chi connectivity index (χ0v) is 24.2. The summed E-state index contributed by atoms with van der Waals surface area (Å²) in [4.78, 5) is 21.7. The van der Waals surface area contributed by atoms with Crippen LogP contribution in [0.3, 0.4) is 0 Å². The van der Waals surface area contributed by atoms with Crippen LogP contribution in [0.25, 0.3) is 10.4 Å². The second-order valence-electron chi connectivity index (χ2n) is 9.41. The Morgan fingerprint density at radius 2 is 1.98 bits per heavy atom. The molecule has 3 aromatic rings. The van der Waals surface area contributed by atoms with Gasteiger partial charge in [0.2, 0.25) is 5.90 Å². The van der Waals surface area contributed by atoms with Gasteiger partial charge in [-0.1, -0.05) is 64.7 Å². The molecule has 0 aliphatic carbocycles. The molecule has 1 amide bonds. The number of aliphatic imine (C=N–C) groups is 1. The fourth-order valence-corrected chi connectivity index (χ4v) is 5.02. The van der Waals surface area contributed by atoms with Crippen LogP contribution in [-0.2, 0) is 22.6 Å². The van der Waals surface area contributed by atoms with E-state index < -0.39 is 17.6 Å². The summed E-state index contributed by atoms with van der Waals surface area (Å²) in [5.74, 6) is 0.440. The standard InChI is InChI=1S/C30H30Cl2N6O4/c1-2-14-30(29(40)37-34-19-22-8-11-23(31)17-26(22)32)27(25-7-4-3-6-21(25)18-35-38-33)42-28(36-30)20-9-12-24(13-10-20)41-16-5-15-39/h2-4,6-13,17,27,34,39H,1,5,14-16,18-19H2,(H,37,40)/t27-,30-/m0/s1. The van der Waals surface area contributed by atoms with E-state index in [1.807, 2.05) is 24.3 Å². The number of ether oxygens (including phenoxy) is 2. The molecule has 42 heavy (non-hydrogen) atoms. The number of azide groups is 1. The predicted molar refractivity (Wildman–Crippen MR) is 162 cm³/mol. The van der Waals surface area contributed by atoms with E-state index in [4.69, 9.17) is 48.3 Å². The number of nitrogens with zero attached hydrogens (tertiary/aromatic N) is 4. The van der Waals surface area contributed by atoms with Gasteiger partial charge in [-0.2, -0.15) is 0 Å². The van der Waals surface area contributed by atoms with Gasteiger partial charge in [0.15, 0.2) is 11.6 Å². The number of rotatable bonds is 14. The maximum atomic E-state index is 14.0. The van der Waals surface area contributed by atoms with Crippen molar-refractivity contribution in [3.63, 3.8) is 0 Å². The quantitative estimate of drug-likeness (QED) is 0.0497. The van der Waals surface area contributed by atoms with Crippen LogP contribution in [0.15, 0.2) is 89.5 Å². The maximum absolute atomic E-state index is 14.0. The topological polar surface area (TPSA) is 141 Å². The van der Waals surface area contributed by atoms with E-state index in [1.54, 1.807) is 48.5 Å². The minimum atomic E-state index is -1.45. The number of carbonyl (C=O) groups is 1. The van der Waals surface area contributed by atoms with Crippen molar-refractivity contribution < 1.29 is 19.4 Å². The highest BCUT2D eigenvalue weighted by Crippen LogP contribution is 2.44. The van der Waals surface area contributed by atoms with Gasteiger partial charge in [0.25, 0.3) is 5.91 Å². The molecule has 3 N–H and O–H groups in total. The first-order valence-electron chi connectivity index (χ1n) is 13.2. The molecule has 0 saturated heterocycles. The van der Waals surface area contributed by atoms with Gasteiger partial charge in [-0.3, -0.25) is 10.2 Å². The zero-order chi connectivity index (χ0) is 30.0. The van der Waals surface area contributed by atoms with Crippen LogP contribution in [0.1, 0.15) is 41.2 Å². The molecule has 10 nitrogen and oxygen atoms in total. The highest BCUT2D eigenvalue weighted by atomic mass is 35.5. The third-order valence-corrected chi connectivity index (χ3v) is 7.21. The van der Waals surface area contributed by atoms with E-state index in [0.29, 0.717) is 45.5 Å². The number of hydrogen-bond donors (Lipinski definition) is 3. The first-order chi connectivity index (χ1) is 20.4. The number of hydrogen-bond acceptors (Lipinski definition) is 7. The molecule has 0 fully saturated rings. The number of aliphatic hydroxyl groups is 1. The number of hydrazine groups is 1. The molecular weight excluding hydrogens is 579 g/mol. The fourth-order valence-electron chi connectivity index (χ4n) is 4.55. The van der Waals surface area contributed by atoms with Crippen molar-refractivity contribution >= 4 is 35.0 Å². The van der Waals surface area contributed by atoms with Crippen LogP contribution >= 0.6 is 23.2 Å². The number of halogens is 2. The number of benzene rings is 3. The molecule has 0 aromatic heterocycles. The Labute approximate surface area is 253 Å². The van der Waals surface area contributed by atoms with Gasteiger partial charge in [-0.25, -0.2) is 10.4 Å². The number of aliphatic hydroxyl groups excluding tert-OH is 1. The highest BCUT2D eigenvalue weighted by Gasteiger charge is 2.53. The Morgan fingerprint density at radius 1 is 1.19 bits per heavy atom. The van der Waals surface area contributed by atoms with Gasteiger partial charge in [-0.15, -0.1) is 6.58 Å². The summed E-state index contributed by atoms with van der Waals surface area (Å²) >= 11 is 12.3. The summed E-state index contributed by atoms with van der Waals surface area (Å²) in [6.07, 6.45) is 1.42. The van der Waals surface area contributed by atoms with Crippen molar-refractivity contribution in [2.24, 2.45) is 10.1 Å². The lowest BCUT2D eigenvalue weighted by molar-refractivity contribution is -0.129. The summed E-state index contributed by atoms with van der Waals surface area (Å²) in [5.41, 5.74) is 16.0. The average Bonchev–Trinajstić information content (AvgIpc) is 3.38. The molecule has 2 atom stereocenters. The smallest absolute Gasteiger partial charge is 0.266 e. The summed E-state index contributed by atoms with van der Waals surface area (Å²) in [5, 5.41) is 13.7. The Hall–Kier alpha value is -4.05. The zero-order valence-electron chi connectivity index (χ0n) is 22.7. The molecule has 0 spiro atoms. The molecule has 0 saturated carbocycles. The van der Waals surface area contributed by atoms with Gasteiger partial charge in [0, 0.05) is 46.5 Å². The minimum Gasteiger partial charge on any atom is -0.494 e. The Morgan fingerprint density at radius 3 is 2.69 bits per heavy atom. The first-order valence-corrected chi connectivity index (χ1v) is 13.9. The number of carbonyl (C=O) groups excluding carboxylic acids is 1. The molecule has 218 valence electrons. The van der Waals surface area contributed by atoms with Crippen molar-refractivity contribution in [3.05, 3.63) is 122 Å². The number of amides is 1. The first kappa shape index (κ1) is 30.9. The minimum absolute atomic E-state index is 0.0420. The molecule has 1 heterocycles. The summed E-state index contributed by atoms with van der Waals surface area (Å²) < 4.78 is 12.1. The van der Waals surface area contributed by atoms with Crippen LogP contribution in [0.2, 0.25) is 10.0 Å². The maximum Gasteiger partial charge on any atom is 0.266 e. The molecule has 3 aromatic carbocycles. The van der Waals surface area contributed by atoms with E-state index in [-0.39, 0.29) is 32.0 Å². The molecule has 1 aliphatic rings. The van der Waals surface area contributed by atoms with E-state index >= 15 is 0 Å². The Balaban J connectivity index is 1.68. The average molecular weight is 610 g/mol. The van der Waals surface area contributed by atoms with Gasteiger partial charge in [-0.05, 0) is 58.6 Å². The van der Waals surface area contributed by atoms with Crippen molar-refractivity contribution in [1.29, 1.82) is 0 Å². The summed E-state index contributed by atoms with van der Waals surface area (Å²) in [7, 11) is 0. The Bertz CT molecular complexity index is 1490. The van der Waals surface area contributed by atoms with Crippen molar-refractivity contribution in [1.82, 2.24) is 10.9 Å². The van der Waals surface area contributed by atoms with Crippen molar-refractivity contribution in [2.45, 2.75) is 37.6 Å². The lowest BCUT2D eigenvalue weighted by Gasteiger charge is -2.30. The monoisotopic (exact) mass is 608 g/mol. The fraction of sp³-hybridized carbons (Fsp3) is 0.267. The van der Waals surface area contributed by atoms with Gasteiger partial charge >= 0.3 is 0 Å². The molecule has 0 radical (unpaired) electrons. The van der Waals surface area contributed by atoms with Gasteiger partial charge in [0.05, 0.1) is 13.2 Å². The molecule has 1 aliphatic heterocycles. The van der Waals surface area contributed by atoms with E-state index in [0.717, 1.165) is 5.56 Å². The van der Waals surface area contributed by atoms with Crippen LogP contribution in [0.5, 0.6) is 5.75 Å². The van der Waals surface area contributed by atoms with Crippen molar-refractivity contribution in [2.75, 3.05) is 13.2 Å². The van der Waals surface area contributed by atoms with E-state index in [1.165, 1.54) is 0 Å². The van der Waals surface area contributed by atoms with Gasteiger partial charge < -0.3 is 14.6 Å². The summed E-state index contributed by atoms with van der Waals surface area (Å²) in [6.45, 7) is 4.62. The largest absolute Gasteiger partial charge is 0.494 e. The van der Waals surface area contributed by atoms with Crippen LogP contribution in [-0.4, -0.2) is 35.7 Å². The second kappa shape index (κ2) is 14.7. The molecule has 0 unspecified atom stereocenters. The van der Waals surface area contributed by atoms with Crippen LogP contribution < -0.4 is 15.6 Å². The van der Waals surface area contributed by atoms with E-state index in [9.17, 15) is 4.79 Å². The molecule has 4 rings (SSSR count). The third-order valence-electron chi connectivity index (χ3n) is 6.62. The van der Waals surface area contributed by atoms with Crippen molar-refractivity contribution in [3.8, 4) is 5.75 Å². The second-order valence-corrected chi connectivity index (χ2v) is 10.3.